The summed E-state index contributed by atoms with van der Waals surface area (Å²) in [6.07, 6.45) is 2.14. The van der Waals surface area contributed by atoms with Crippen LogP contribution in [0.2, 0.25) is 0 Å². The monoisotopic (exact) mass is 352 g/mol. The quantitative estimate of drug-likeness (QED) is 0.484. The molecule has 0 heterocycles. The summed E-state index contributed by atoms with van der Waals surface area (Å²) in [5.41, 5.74) is 5.44. The van der Waals surface area contributed by atoms with E-state index in [-0.39, 0.29) is 5.97 Å². The van der Waals surface area contributed by atoms with Crippen molar-refractivity contribution >= 4 is 12.0 Å². The zero-order valence-corrected chi connectivity index (χ0v) is 16.6. The highest BCUT2D eigenvalue weighted by Crippen LogP contribution is 2.29. The topological polar surface area (TPSA) is 35.5 Å². The summed E-state index contributed by atoms with van der Waals surface area (Å²) in [4.78, 5) is 11.2. The molecule has 0 N–H and O–H groups in total. The Morgan fingerprint density at radius 2 is 1.62 bits per heavy atom. The standard InChI is InChI=1S/C23H28O3/c1-15(2)21-9-7-20(8-10-21)11-16(3)14-25-22-12-17(4)23(18(5)13-22)26-19(6)24/h7-13,15H,14H2,1-6H3/b16-11+. The fourth-order valence-electron chi connectivity index (χ4n) is 2.80. The number of esters is 1. The van der Waals surface area contributed by atoms with Crippen molar-refractivity contribution in [2.45, 2.75) is 47.5 Å². The molecule has 138 valence electrons. The van der Waals surface area contributed by atoms with Crippen molar-refractivity contribution in [1.82, 2.24) is 0 Å². The molecule has 0 spiro atoms. The molecule has 2 aromatic carbocycles. The van der Waals surface area contributed by atoms with E-state index in [9.17, 15) is 4.79 Å². The van der Waals surface area contributed by atoms with Crippen molar-refractivity contribution in [3.8, 4) is 11.5 Å². The van der Waals surface area contributed by atoms with Gasteiger partial charge in [0.1, 0.15) is 18.1 Å². The molecule has 2 rings (SSSR count). The van der Waals surface area contributed by atoms with Gasteiger partial charge in [-0.25, -0.2) is 0 Å². The first-order valence-corrected chi connectivity index (χ1v) is 8.96. The lowest BCUT2D eigenvalue weighted by molar-refractivity contribution is -0.131. The van der Waals surface area contributed by atoms with E-state index in [0.717, 1.165) is 22.4 Å². The number of rotatable bonds is 6. The van der Waals surface area contributed by atoms with E-state index < -0.39 is 0 Å². The van der Waals surface area contributed by atoms with Crippen LogP contribution in [0.15, 0.2) is 42.0 Å². The Labute approximate surface area is 156 Å². The van der Waals surface area contributed by atoms with E-state index in [0.29, 0.717) is 18.3 Å². The molecule has 3 nitrogen and oxygen atoms in total. The Bertz CT molecular complexity index is 776. The maximum atomic E-state index is 11.2. The summed E-state index contributed by atoms with van der Waals surface area (Å²) in [7, 11) is 0. The molecule has 0 aliphatic carbocycles. The molecular formula is C23H28O3. The lowest BCUT2D eigenvalue weighted by atomic mass is 10.0. The predicted octanol–water partition coefficient (Wildman–Crippen LogP) is 5.83. The molecule has 26 heavy (non-hydrogen) atoms. The number of hydrogen-bond acceptors (Lipinski definition) is 3. The Kier molecular flexibility index (Phi) is 6.62. The van der Waals surface area contributed by atoms with E-state index in [2.05, 4.69) is 51.1 Å². The van der Waals surface area contributed by atoms with Gasteiger partial charge in [-0.1, -0.05) is 44.2 Å². The van der Waals surface area contributed by atoms with Gasteiger partial charge in [-0.15, -0.1) is 0 Å². The third-order valence-electron chi connectivity index (χ3n) is 4.16. The maximum Gasteiger partial charge on any atom is 0.308 e. The highest BCUT2D eigenvalue weighted by Gasteiger charge is 2.09. The summed E-state index contributed by atoms with van der Waals surface area (Å²) in [5, 5.41) is 0. The van der Waals surface area contributed by atoms with Gasteiger partial charge in [0.15, 0.2) is 0 Å². The van der Waals surface area contributed by atoms with Crippen molar-refractivity contribution in [1.29, 1.82) is 0 Å². The number of ether oxygens (including phenoxy) is 2. The second-order valence-corrected chi connectivity index (χ2v) is 7.08. The minimum atomic E-state index is -0.313. The highest BCUT2D eigenvalue weighted by molar-refractivity contribution is 5.70. The van der Waals surface area contributed by atoms with Crippen LogP contribution in [-0.4, -0.2) is 12.6 Å². The van der Waals surface area contributed by atoms with Gasteiger partial charge in [0, 0.05) is 6.92 Å². The molecule has 0 aromatic heterocycles. The van der Waals surface area contributed by atoms with Crippen LogP contribution < -0.4 is 9.47 Å². The molecule has 0 saturated carbocycles. The predicted molar refractivity (Wildman–Crippen MR) is 107 cm³/mol. The molecule has 0 unspecified atom stereocenters. The normalized spacial score (nSPS) is 11.6. The second-order valence-electron chi connectivity index (χ2n) is 7.08. The molecule has 3 heteroatoms. The summed E-state index contributed by atoms with van der Waals surface area (Å²) in [6.45, 7) is 12.2. The molecule has 0 aliphatic rings. The Morgan fingerprint density at radius 3 is 2.12 bits per heavy atom. The lowest BCUT2D eigenvalue weighted by Gasteiger charge is -2.13. The number of carbonyl (C=O) groups excluding carboxylic acids is 1. The smallest absolute Gasteiger partial charge is 0.308 e. The number of carbonyl (C=O) groups is 1. The van der Waals surface area contributed by atoms with E-state index in [1.807, 2.05) is 26.0 Å². The Balaban J connectivity index is 2.04. The molecular weight excluding hydrogens is 324 g/mol. The van der Waals surface area contributed by atoms with Crippen molar-refractivity contribution in [2.75, 3.05) is 6.61 Å². The van der Waals surface area contributed by atoms with Gasteiger partial charge >= 0.3 is 5.97 Å². The summed E-state index contributed by atoms with van der Waals surface area (Å²) in [5.74, 6) is 1.62. The fourth-order valence-corrected chi connectivity index (χ4v) is 2.80. The molecule has 0 fully saturated rings. The van der Waals surface area contributed by atoms with Crippen molar-refractivity contribution in [3.63, 3.8) is 0 Å². The number of benzene rings is 2. The number of hydrogen-bond donors (Lipinski definition) is 0. The van der Waals surface area contributed by atoms with E-state index in [4.69, 9.17) is 9.47 Å². The molecule has 0 atom stereocenters. The average Bonchev–Trinajstić information content (AvgIpc) is 2.56. The molecule has 0 radical (unpaired) electrons. The maximum absolute atomic E-state index is 11.2. The SMILES string of the molecule is CC(=O)Oc1c(C)cc(OC/C(C)=C/c2ccc(C(C)C)cc2)cc1C. The van der Waals surface area contributed by atoms with E-state index >= 15 is 0 Å². The second kappa shape index (κ2) is 8.70. The largest absolute Gasteiger partial charge is 0.489 e. The van der Waals surface area contributed by atoms with E-state index in [1.54, 1.807) is 0 Å². The van der Waals surface area contributed by atoms with Gasteiger partial charge in [-0.3, -0.25) is 4.79 Å². The minimum Gasteiger partial charge on any atom is -0.489 e. The third-order valence-corrected chi connectivity index (χ3v) is 4.16. The van der Waals surface area contributed by atoms with Crippen LogP contribution in [0.3, 0.4) is 0 Å². The van der Waals surface area contributed by atoms with Crippen LogP contribution in [0.25, 0.3) is 6.08 Å². The van der Waals surface area contributed by atoms with Crippen molar-refractivity contribution in [2.24, 2.45) is 0 Å². The van der Waals surface area contributed by atoms with Crippen LogP contribution in [0.5, 0.6) is 11.5 Å². The van der Waals surface area contributed by atoms with Crippen LogP contribution in [-0.2, 0) is 4.79 Å². The van der Waals surface area contributed by atoms with Crippen LogP contribution in [0, 0.1) is 13.8 Å². The summed E-state index contributed by atoms with van der Waals surface area (Å²) < 4.78 is 11.2. The minimum absolute atomic E-state index is 0.313. The highest BCUT2D eigenvalue weighted by atomic mass is 16.5. The van der Waals surface area contributed by atoms with Gasteiger partial charge in [0.25, 0.3) is 0 Å². The third kappa shape index (κ3) is 5.48. The molecule has 2 aromatic rings. The molecule has 0 saturated heterocycles. The molecule has 0 bridgehead atoms. The van der Waals surface area contributed by atoms with Crippen molar-refractivity contribution < 1.29 is 14.3 Å². The van der Waals surface area contributed by atoms with Gasteiger partial charge in [-0.05, 0) is 66.6 Å². The Hall–Kier alpha value is -2.55. The zero-order valence-electron chi connectivity index (χ0n) is 16.6. The first kappa shape index (κ1) is 19.8. The van der Waals surface area contributed by atoms with Crippen molar-refractivity contribution in [3.05, 3.63) is 64.2 Å². The molecule has 0 aliphatic heterocycles. The van der Waals surface area contributed by atoms with E-state index in [1.165, 1.54) is 18.1 Å². The van der Waals surface area contributed by atoms with Crippen LogP contribution in [0.1, 0.15) is 55.9 Å². The summed E-state index contributed by atoms with van der Waals surface area (Å²) in [6, 6.07) is 12.4. The van der Waals surface area contributed by atoms with Gasteiger partial charge < -0.3 is 9.47 Å². The van der Waals surface area contributed by atoms with Crippen LogP contribution >= 0.6 is 0 Å². The molecule has 0 amide bonds. The van der Waals surface area contributed by atoms with Gasteiger partial charge in [-0.2, -0.15) is 0 Å². The van der Waals surface area contributed by atoms with Gasteiger partial charge in [0.05, 0.1) is 0 Å². The fraction of sp³-hybridized carbons (Fsp3) is 0.348. The first-order valence-electron chi connectivity index (χ1n) is 8.96. The van der Waals surface area contributed by atoms with Crippen LogP contribution in [0.4, 0.5) is 0 Å². The Morgan fingerprint density at radius 1 is 1.04 bits per heavy atom. The first-order chi connectivity index (χ1) is 12.3. The summed E-state index contributed by atoms with van der Waals surface area (Å²) >= 11 is 0. The van der Waals surface area contributed by atoms with Gasteiger partial charge in [0.2, 0.25) is 0 Å². The zero-order chi connectivity index (χ0) is 19.3. The lowest BCUT2D eigenvalue weighted by Crippen LogP contribution is -2.05. The number of aryl methyl sites for hydroxylation is 2. The average molecular weight is 352 g/mol.